The summed E-state index contributed by atoms with van der Waals surface area (Å²) < 4.78 is 58.2. The number of rotatable bonds is 8. The van der Waals surface area contributed by atoms with Gasteiger partial charge in [-0.2, -0.15) is 9.97 Å². The van der Waals surface area contributed by atoms with Crippen LogP contribution >= 0.6 is 7.75 Å². The highest BCUT2D eigenvalue weighted by Crippen LogP contribution is 2.55. The minimum atomic E-state index is -4.02. The van der Waals surface area contributed by atoms with Gasteiger partial charge in [0.1, 0.15) is 24.4 Å². The van der Waals surface area contributed by atoms with Gasteiger partial charge in [-0.3, -0.25) is 13.8 Å². The maximum absolute atomic E-state index is 16.0. The predicted molar refractivity (Wildman–Crippen MR) is 121 cm³/mol. The fourth-order valence-corrected chi connectivity index (χ4v) is 5.77. The zero-order valence-electron chi connectivity index (χ0n) is 20.1. The number of aromatic nitrogens is 4. The summed E-state index contributed by atoms with van der Waals surface area (Å²) in [5, 5.41) is 2.51. The average Bonchev–Trinajstić information content (AvgIpc) is 3.26. The number of carbonyl (C=O) groups excluding carboxylic acids is 1. The summed E-state index contributed by atoms with van der Waals surface area (Å²) in [6.45, 7) is 8.13. The number of imidazole rings is 1. The topological polar surface area (TPSA) is 162 Å². The summed E-state index contributed by atoms with van der Waals surface area (Å²) in [4.78, 5) is 24.6. The Hall–Kier alpha value is -2.38. The molecule has 15 heteroatoms. The zero-order chi connectivity index (χ0) is 25.5. The fraction of sp³-hybridized carbons (Fsp3) is 0.700. The van der Waals surface area contributed by atoms with Crippen molar-refractivity contribution >= 4 is 30.8 Å². The number of nitrogen functional groups attached to an aromatic ring is 1. The Morgan fingerprint density at radius 2 is 2.17 bits per heavy atom. The highest BCUT2D eigenvalue weighted by atomic mass is 31.2. The van der Waals surface area contributed by atoms with Gasteiger partial charge in [-0.05, 0) is 34.6 Å². The van der Waals surface area contributed by atoms with Crippen molar-refractivity contribution in [2.75, 3.05) is 18.9 Å². The molecule has 0 spiro atoms. The van der Waals surface area contributed by atoms with E-state index in [2.05, 4.69) is 20.0 Å². The van der Waals surface area contributed by atoms with Crippen LogP contribution in [0.25, 0.3) is 11.2 Å². The zero-order valence-corrected chi connectivity index (χ0v) is 21.0. The van der Waals surface area contributed by atoms with Crippen LogP contribution in [0.3, 0.4) is 0 Å². The number of anilines is 1. The number of esters is 1. The molecule has 2 fully saturated rings. The highest BCUT2D eigenvalue weighted by Gasteiger charge is 2.60. The number of halogens is 1. The quantitative estimate of drug-likeness (QED) is 0.387. The predicted octanol–water partition coefficient (Wildman–Crippen LogP) is 1.76. The van der Waals surface area contributed by atoms with Crippen molar-refractivity contribution in [3.63, 3.8) is 0 Å². The van der Waals surface area contributed by atoms with Crippen molar-refractivity contribution in [2.24, 2.45) is 0 Å². The SMILES string of the molecule is CCOc1nc(N)nc2c1ncn2CC1O[C@@H]2CO[P@@](=O)(N[C@H](C)C(=O)OC(C)C)O[C@H]2[C@@]1(C)F. The molecule has 0 aliphatic carbocycles. The summed E-state index contributed by atoms with van der Waals surface area (Å²) >= 11 is 0. The second-order valence-corrected chi connectivity index (χ2v) is 10.6. The lowest BCUT2D eigenvalue weighted by atomic mass is 9.95. The van der Waals surface area contributed by atoms with Gasteiger partial charge >= 0.3 is 13.7 Å². The molecule has 35 heavy (non-hydrogen) atoms. The molecular formula is C20H30FN6O7P. The van der Waals surface area contributed by atoms with Crippen molar-refractivity contribution in [3.05, 3.63) is 6.33 Å². The van der Waals surface area contributed by atoms with Crippen molar-refractivity contribution in [2.45, 2.75) is 77.3 Å². The van der Waals surface area contributed by atoms with Gasteiger partial charge < -0.3 is 24.5 Å². The van der Waals surface area contributed by atoms with Gasteiger partial charge in [0.2, 0.25) is 11.8 Å². The van der Waals surface area contributed by atoms with E-state index < -0.39 is 43.7 Å². The first kappa shape index (κ1) is 25.7. The molecule has 2 aromatic heterocycles. The minimum absolute atomic E-state index is 0.0106. The molecule has 3 N–H and O–H groups in total. The van der Waals surface area contributed by atoms with Crippen LogP contribution in [0.2, 0.25) is 0 Å². The Bertz CT molecular complexity index is 1140. The monoisotopic (exact) mass is 516 g/mol. The minimum Gasteiger partial charge on any atom is -0.476 e. The van der Waals surface area contributed by atoms with Gasteiger partial charge in [-0.25, -0.2) is 19.0 Å². The van der Waals surface area contributed by atoms with E-state index in [9.17, 15) is 9.36 Å². The van der Waals surface area contributed by atoms with E-state index in [-0.39, 0.29) is 31.1 Å². The van der Waals surface area contributed by atoms with E-state index in [1.807, 2.05) is 0 Å². The smallest absolute Gasteiger partial charge is 0.406 e. The maximum Gasteiger partial charge on any atom is 0.406 e. The third-order valence-corrected chi connectivity index (χ3v) is 7.37. The van der Waals surface area contributed by atoms with Crippen LogP contribution in [0.1, 0.15) is 34.6 Å². The summed E-state index contributed by atoms with van der Waals surface area (Å²) in [6.07, 6.45) is -1.92. The Morgan fingerprint density at radius 1 is 1.43 bits per heavy atom. The second kappa shape index (κ2) is 9.58. The van der Waals surface area contributed by atoms with E-state index in [1.54, 1.807) is 25.3 Å². The molecule has 2 saturated heterocycles. The van der Waals surface area contributed by atoms with Gasteiger partial charge in [-0.15, -0.1) is 0 Å². The van der Waals surface area contributed by atoms with Crippen LogP contribution in [0.5, 0.6) is 5.88 Å². The van der Waals surface area contributed by atoms with Gasteiger partial charge in [0.25, 0.3) is 0 Å². The molecule has 13 nitrogen and oxygen atoms in total. The number of fused-ring (bicyclic) bond motifs is 2. The molecule has 0 saturated carbocycles. The fourth-order valence-electron chi connectivity index (χ4n) is 4.01. The number of alkyl halides is 1. The van der Waals surface area contributed by atoms with Crippen molar-refractivity contribution in [3.8, 4) is 5.88 Å². The van der Waals surface area contributed by atoms with E-state index in [0.717, 1.165) is 0 Å². The van der Waals surface area contributed by atoms with Gasteiger partial charge in [0.05, 0.1) is 32.2 Å². The van der Waals surface area contributed by atoms with Gasteiger partial charge in [0.15, 0.2) is 16.8 Å². The van der Waals surface area contributed by atoms with Crippen molar-refractivity contribution < 1.29 is 37.0 Å². The first-order valence-corrected chi connectivity index (χ1v) is 12.8. The van der Waals surface area contributed by atoms with E-state index in [1.165, 1.54) is 20.2 Å². The number of nitrogens with two attached hydrogens (primary N) is 1. The van der Waals surface area contributed by atoms with E-state index in [4.69, 9.17) is 29.0 Å². The lowest BCUT2D eigenvalue weighted by Crippen LogP contribution is -2.48. The molecule has 4 rings (SSSR count). The molecule has 194 valence electrons. The number of carbonyl (C=O) groups is 1. The third kappa shape index (κ3) is 5.12. The summed E-state index contributed by atoms with van der Waals surface area (Å²) in [6, 6.07) is -0.995. The first-order chi connectivity index (χ1) is 16.4. The summed E-state index contributed by atoms with van der Waals surface area (Å²) in [5.74, 6) is -0.417. The molecule has 2 aromatic rings. The van der Waals surface area contributed by atoms with Crippen molar-refractivity contribution in [1.29, 1.82) is 0 Å². The normalized spacial score (nSPS) is 31.5. The third-order valence-electron chi connectivity index (χ3n) is 5.67. The van der Waals surface area contributed by atoms with Crippen LogP contribution in [-0.4, -0.2) is 74.8 Å². The van der Waals surface area contributed by atoms with Crippen molar-refractivity contribution in [1.82, 2.24) is 24.6 Å². The molecule has 2 aliphatic rings. The van der Waals surface area contributed by atoms with Crippen LogP contribution in [0.15, 0.2) is 6.33 Å². The van der Waals surface area contributed by atoms with Crippen LogP contribution in [-0.2, 0) is 34.4 Å². The first-order valence-electron chi connectivity index (χ1n) is 11.3. The summed E-state index contributed by atoms with van der Waals surface area (Å²) in [5.41, 5.74) is 4.48. The van der Waals surface area contributed by atoms with Gasteiger partial charge in [-0.1, -0.05) is 0 Å². The number of nitrogens with one attached hydrogen (secondary N) is 1. The molecule has 1 unspecified atom stereocenters. The lowest BCUT2D eigenvalue weighted by molar-refractivity contribution is -0.149. The largest absolute Gasteiger partial charge is 0.476 e. The molecule has 2 aliphatic heterocycles. The number of ether oxygens (including phenoxy) is 3. The molecule has 4 heterocycles. The Balaban J connectivity index is 1.50. The van der Waals surface area contributed by atoms with E-state index in [0.29, 0.717) is 17.8 Å². The maximum atomic E-state index is 16.0. The number of hydrogen-bond donors (Lipinski definition) is 2. The lowest BCUT2D eigenvalue weighted by Gasteiger charge is -2.35. The summed E-state index contributed by atoms with van der Waals surface area (Å²) in [7, 11) is -4.02. The van der Waals surface area contributed by atoms with E-state index >= 15 is 4.39 Å². The molecular weight excluding hydrogens is 486 g/mol. The average molecular weight is 516 g/mol. The molecule has 0 bridgehead atoms. The van der Waals surface area contributed by atoms with Gasteiger partial charge in [0, 0.05) is 0 Å². The Morgan fingerprint density at radius 3 is 2.86 bits per heavy atom. The van der Waals surface area contributed by atoms with Crippen LogP contribution in [0, 0.1) is 0 Å². The second-order valence-electron chi connectivity index (χ2n) is 8.86. The molecule has 6 atom stereocenters. The molecule has 0 radical (unpaired) electrons. The van der Waals surface area contributed by atoms with Crippen LogP contribution in [0.4, 0.5) is 10.3 Å². The highest BCUT2D eigenvalue weighted by molar-refractivity contribution is 7.51. The Labute approximate surface area is 201 Å². The number of hydrogen-bond acceptors (Lipinski definition) is 11. The Kier molecular flexibility index (Phi) is 7.04. The number of nitrogens with zero attached hydrogens (tertiary/aromatic N) is 4. The standard InChI is InChI=1S/C20H30FN6O7P/c1-6-30-17-14-16(24-19(22)25-17)27(9-23-14)7-13-20(5,21)15-12(33-13)8-31-35(29,34-15)26-11(4)18(28)32-10(2)3/h9-13,15H,6-8H2,1-5H3,(H,26,29)(H2,22,24,25)/t11-,12-,13?,15-,20+,35+/m1/s1. The molecule has 0 aromatic carbocycles. The van der Waals surface area contributed by atoms with Crippen LogP contribution < -0.4 is 15.6 Å². The molecule has 0 amide bonds.